The van der Waals surface area contributed by atoms with Crippen molar-refractivity contribution in [3.05, 3.63) is 21.7 Å². The van der Waals surface area contributed by atoms with E-state index in [4.69, 9.17) is 4.52 Å². The monoisotopic (exact) mass is 170 g/mol. The van der Waals surface area contributed by atoms with Gasteiger partial charge in [0.05, 0.1) is 12.1 Å². The van der Waals surface area contributed by atoms with Crippen LogP contribution in [-0.4, -0.2) is 11.1 Å². The van der Waals surface area contributed by atoms with Crippen LogP contribution in [0.25, 0.3) is 0 Å². The minimum absolute atomic E-state index is 0.171. The number of rotatable bonds is 2. The largest absolute Gasteiger partial charge is 0.383 e. The summed E-state index contributed by atoms with van der Waals surface area (Å²) < 4.78 is 4.74. The van der Waals surface area contributed by atoms with Crippen LogP contribution in [0.15, 0.2) is 9.32 Å². The molecule has 0 aliphatic carbocycles. The van der Waals surface area contributed by atoms with Gasteiger partial charge in [0.1, 0.15) is 5.76 Å². The molecule has 1 rings (SSSR count). The molecule has 0 aliphatic heterocycles. The fourth-order valence-electron chi connectivity index (χ4n) is 0.824. The third-order valence-corrected chi connectivity index (χ3v) is 1.51. The first-order valence-electron chi connectivity index (χ1n) is 3.52. The second-order valence-electron chi connectivity index (χ2n) is 2.48. The van der Waals surface area contributed by atoms with Crippen molar-refractivity contribution < 1.29 is 9.32 Å². The van der Waals surface area contributed by atoms with Crippen LogP contribution in [0.5, 0.6) is 0 Å². The zero-order valence-electron chi connectivity index (χ0n) is 6.93. The summed E-state index contributed by atoms with van der Waals surface area (Å²) in [5.41, 5.74) is 0.173. The first kappa shape index (κ1) is 8.58. The predicted octanol–water partition coefficient (Wildman–Crippen LogP) is -0.0876. The molecule has 12 heavy (non-hydrogen) atoms. The fourth-order valence-corrected chi connectivity index (χ4v) is 0.824. The zero-order valence-corrected chi connectivity index (χ0v) is 6.93. The second kappa shape index (κ2) is 3.25. The predicted molar refractivity (Wildman–Crippen MR) is 41.6 cm³/mol. The van der Waals surface area contributed by atoms with Crippen molar-refractivity contribution in [2.75, 3.05) is 0 Å². The van der Waals surface area contributed by atoms with Gasteiger partial charge in [-0.3, -0.25) is 9.59 Å². The number of hydrogen-bond acceptors (Lipinski definition) is 3. The molecule has 1 aromatic heterocycles. The van der Waals surface area contributed by atoms with E-state index >= 15 is 0 Å². The molecule has 1 heterocycles. The van der Waals surface area contributed by atoms with Gasteiger partial charge in [0.2, 0.25) is 5.91 Å². The van der Waals surface area contributed by atoms with Crippen LogP contribution in [0.1, 0.15) is 18.2 Å². The smallest absolute Gasteiger partial charge is 0.285 e. The van der Waals surface area contributed by atoms with E-state index in [1.807, 2.05) is 0 Å². The number of aromatic amines is 1. The lowest BCUT2D eigenvalue weighted by Crippen LogP contribution is -2.22. The molecule has 1 aromatic rings. The van der Waals surface area contributed by atoms with Crippen molar-refractivity contribution in [2.24, 2.45) is 0 Å². The molecule has 0 atom stereocenters. The van der Waals surface area contributed by atoms with Gasteiger partial charge in [-0.25, -0.2) is 0 Å². The van der Waals surface area contributed by atoms with Gasteiger partial charge in [0.15, 0.2) is 0 Å². The number of amides is 1. The standard InChI is InChI=1S/C7H10N2O3/c1-4-6(3-8-5(2)10)7(11)9-12-4/h3H2,1-2H3,(H,8,10)(H,9,11). The number of H-pyrrole nitrogens is 1. The van der Waals surface area contributed by atoms with Crippen LogP contribution in [0.2, 0.25) is 0 Å². The first-order valence-corrected chi connectivity index (χ1v) is 3.52. The molecule has 0 saturated heterocycles. The molecule has 0 unspecified atom stereocenters. The van der Waals surface area contributed by atoms with Crippen molar-refractivity contribution in [1.29, 1.82) is 0 Å². The average molecular weight is 170 g/mol. The van der Waals surface area contributed by atoms with Gasteiger partial charge in [-0.2, -0.15) is 5.16 Å². The van der Waals surface area contributed by atoms with Gasteiger partial charge in [-0.05, 0) is 6.92 Å². The molecular weight excluding hydrogens is 160 g/mol. The Morgan fingerprint density at radius 1 is 1.67 bits per heavy atom. The third-order valence-electron chi connectivity index (χ3n) is 1.51. The molecule has 0 saturated carbocycles. The second-order valence-corrected chi connectivity index (χ2v) is 2.48. The van der Waals surface area contributed by atoms with Crippen LogP contribution in [0, 0.1) is 6.92 Å². The maximum Gasteiger partial charge on any atom is 0.285 e. The normalized spacial score (nSPS) is 9.83. The highest BCUT2D eigenvalue weighted by atomic mass is 16.5. The number of aryl methyl sites for hydroxylation is 1. The van der Waals surface area contributed by atoms with E-state index in [0.717, 1.165) is 0 Å². The minimum atomic E-state index is -0.291. The molecule has 5 heteroatoms. The molecule has 1 amide bonds. The molecule has 2 N–H and O–H groups in total. The van der Waals surface area contributed by atoms with Crippen molar-refractivity contribution in [2.45, 2.75) is 20.4 Å². The van der Waals surface area contributed by atoms with E-state index in [9.17, 15) is 9.59 Å². The summed E-state index contributed by atoms with van der Waals surface area (Å²) in [6.45, 7) is 3.27. The molecule has 0 aliphatic rings. The number of carbonyl (C=O) groups is 1. The topological polar surface area (TPSA) is 75.1 Å². The van der Waals surface area contributed by atoms with Crippen molar-refractivity contribution in [1.82, 2.24) is 10.5 Å². The third kappa shape index (κ3) is 1.75. The molecular formula is C7H10N2O3. The Bertz CT molecular complexity index is 337. The molecule has 0 spiro atoms. The Balaban J connectivity index is 2.75. The van der Waals surface area contributed by atoms with Gasteiger partial charge in [-0.15, -0.1) is 0 Å². The Labute approximate surface area is 68.7 Å². The van der Waals surface area contributed by atoms with E-state index in [-0.39, 0.29) is 18.0 Å². The lowest BCUT2D eigenvalue weighted by Gasteiger charge is -1.96. The van der Waals surface area contributed by atoms with E-state index in [1.165, 1.54) is 6.92 Å². The van der Waals surface area contributed by atoms with Crippen LogP contribution >= 0.6 is 0 Å². The number of aromatic nitrogens is 1. The molecule has 0 bridgehead atoms. The van der Waals surface area contributed by atoms with Crippen LogP contribution in [-0.2, 0) is 11.3 Å². The summed E-state index contributed by atoms with van der Waals surface area (Å²) in [5.74, 6) is 0.337. The highest BCUT2D eigenvalue weighted by Crippen LogP contribution is 1.98. The Kier molecular flexibility index (Phi) is 2.32. The Morgan fingerprint density at radius 3 is 2.75 bits per heavy atom. The number of carbonyl (C=O) groups excluding carboxylic acids is 1. The number of nitrogens with one attached hydrogen (secondary N) is 2. The van der Waals surface area contributed by atoms with Gasteiger partial charge >= 0.3 is 0 Å². The summed E-state index contributed by atoms with van der Waals surface area (Å²) in [5, 5.41) is 4.69. The van der Waals surface area contributed by atoms with Crippen molar-refractivity contribution >= 4 is 5.91 Å². The highest BCUT2D eigenvalue weighted by molar-refractivity contribution is 5.72. The summed E-state index contributed by atoms with van der Waals surface area (Å²) in [7, 11) is 0. The Morgan fingerprint density at radius 2 is 2.33 bits per heavy atom. The fraction of sp³-hybridized carbons (Fsp3) is 0.429. The van der Waals surface area contributed by atoms with Gasteiger partial charge in [0, 0.05) is 6.92 Å². The average Bonchev–Trinajstić information content (AvgIpc) is 2.28. The van der Waals surface area contributed by atoms with E-state index in [1.54, 1.807) is 6.92 Å². The van der Waals surface area contributed by atoms with Crippen molar-refractivity contribution in [3.8, 4) is 0 Å². The van der Waals surface area contributed by atoms with Gasteiger partial charge < -0.3 is 9.84 Å². The van der Waals surface area contributed by atoms with Crippen molar-refractivity contribution in [3.63, 3.8) is 0 Å². The van der Waals surface area contributed by atoms with Gasteiger partial charge in [0.25, 0.3) is 5.56 Å². The first-order chi connectivity index (χ1) is 5.61. The Hall–Kier alpha value is -1.52. The molecule has 5 nitrogen and oxygen atoms in total. The lowest BCUT2D eigenvalue weighted by atomic mass is 10.3. The summed E-state index contributed by atoms with van der Waals surface area (Å²) in [6.07, 6.45) is 0. The van der Waals surface area contributed by atoms with E-state index in [0.29, 0.717) is 11.3 Å². The molecule has 0 fully saturated rings. The summed E-state index contributed by atoms with van der Waals surface area (Å²) in [6, 6.07) is 0. The summed E-state index contributed by atoms with van der Waals surface area (Å²) in [4.78, 5) is 21.5. The molecule has 0 radical (unpaired) electrons. The van der Waals surface area contributed by atoms with Gasteiger partial charge in [-0.1, -0.05) is 0 Å². The summed E-state index contributed by atoms with van der Waals surface area (Å²) >= 11 is 0. The number of hydrogen-bond donors (Lipinski definition) is 2. The SMILES string of the molecule is CC(=O)NCc1c(C)o[nH]c1=O. The quantitative estimate of drug-likeness (QED) is 0.651. The lowest BCUT2D eigenvalue weighted by molar-refractivity contribution is -0.119. The molecule has 0 aromatic carbocycles. The maximum absolute atomic E-state index is 11.0. The van der Waals surface area contributed by atoms with E-state index in [2.05, 4.69) is 10.5 Å². The highest BCUT2D eigenvalue weighted by Gasteiger charge is 2.07. The molecule has 66 valence electrons. The zero-order chi connectivity index (χ0) is 9.14. The van der Waals surface area contributed by atoms with Crippen LogP contribution in [0.4, 0.5) is 0 Å². The minimum Gasteiger partial charge on any atom is -0.383 e. The van der Waals surface area contributed by atoms with E-state index < -0.39 is 0 Å². The van der Waals surface area contributed by atoms with Crippen LogP contribution in [0.3, 0.4) is 0 Å². The van der Waals surface area contributed by atoms with Crippen LogP contribution < -0.4 is 10.9 Å². The maximum atomic E-state index is 11.0.